The van der Waals surface area contributed by atoms with Gasteiger partial charge in [0, 0.05) is 31.9 Å². The number of rotatable bonds is 3. The molecule has 132 valence electrons. The number of nitrogens with zero attached hydrogens (tertiary/aromatic N) is 3. The van der Waals surface area contributed by atoms with Gasteiger partial charge in [-0.05, 0) is 38.5 Å². The Morgan fingerprint density at radius 1 is 1.21 bits per heavy atom. The Hall–Kier alpha value is -2.44. The number of hydrogen-bond donors (Lipinski definition) is 2. The first-order chi connectivity index (χ1) is 11.2. The van der Waals surface area contributed by atoms with Crippen molar-refractivity contribution in [3.8, 4) is 0 Å². The van der Waals surface area contributed by atoms with Crippen molar-refractivity contribution < 1.29 is 9.53 Å². The predicted octanol–water partition coefficient (Wildman–Crippen LogP) is 1.52. The predicted molar refractivity (Wildman–Crippen MR) is 96.0 cm³/mol. The van der Waals surface area contributed by atoms with E-state index in [4.69, 9.17) is 16.2 Å². The van der Waals surface area contributed by atoms with Gasteiger partial charge in [-0.25, -0.2) is 9.79 Å². The zero-order chi connectivity index (χ0) is 17.7. The first-order valence-corrected chi connectivity index (χ1v) is 8.12. The summed E-state index contributed by atoms with van der Waals surface area (Å²) in [5, 5.41) is 0. The summed E-state index contributed by atoms with van der Waals surface area (Å²) in [6, 6.07) is 8.12. The third-order valence-electron chi connectivity index (χ3n) is 3.65. The number of benzene rings is 1. The maximum absolute atomic E-state index is 12.1. The molecule has 2 rings (SSSR count). The summed E-state index contributed by atoms with van der Waals surface area (Å²) in [6.07, 6.45) is -0.247. The molecule has 1 saturated heterocycles. The van der Waals surface area contributed by atoms with Crippen LogP contribution in [0.1, 0.15) is 26.3 Å². The van der Waals surface area contributed by atoms with E-state index in [0.29, 0.717) is 19.6 Å². The van der Waals surface area contributed by atoms with Crippen molar-refractivity contribution in [2.75, 3.05) is 31.1 Å². The van der Waals surface area contributed by atoms with Gasteiger partial charge in [0.2, 0.25) is 0 Å². The molecule has 0 spiro atoms. The Kier molecular flexibility index (Phi) is 5.54. The molecule has 1 heterocycles. The Morgan fingerprint density at radius 2 is 1.88 bits per heavy atom. The molecule has 1 aliphatic rings. The summed E-state index contributed by atoms with van der Waals surface area (Å²) < 4.78 is 5.42. The van der Waals surface area contributed by atoms with Gasteiger partial charge in [-0.2, -0.15) is 0 Å². The number of anilines is 1. The van der Waals surface area contributed by atoms with Crippen LogP contribution in [-0.2, 0) is 11.3 Å². The van der Waals surface area contributed by atoms with E-state index < -0.39 is 5.60 Å². The van der Waals surface area contributed by atoms with Crippen LogP contribution in [0.3, 0.4) is 0 Å². The van der Waals surface area contributed by atoms with E-state index in [0.717, 1.165) is 24.3 Å². The maximum Gasteiger partial charge on any atom is 0.410 e. The first-order valence-electron chi connectivity index (χ1n) is 8.12. The first kappa shape index (κ1) is 17.9. The molecule has 7 heteroatoms. The highest BCUT2D eigenvalue weighted by molar-refractivity contribution is 5.75. The van der Waals surface area contributed by atoms with E-state index in [1.54, 1.807) is 4.90 Å². The molecule has 0 atom stereocenters. The maximum atomic E-state index is 12.1. The molecule has 0 aromatic heterocycles. The van der Waals surface area contributed by atoms with Crippen LogP contribution in [0, 0.1) is 0 Å². The molecule has 7 nitrogen and oxygen atoms in total. The number of piperazine rings is 1. The van der Waals surface area contributed by atoms with E-state index in [-0.39, 0.29) is 12.1 Å². The van der Waals surface area contributed by atoms with Gasteiger partial charge in [0.15, 0.2) is 5.96 Å². The molecule has 1 aliphatic heterocycles. The molecule has 1 amide bonds. The lowest BCUT2D eigenvalue weighted by molar-refractivity contribution is 0.0240. The number of amides is 1. The van der Waals surface area contributed by atoms with Crippen molar-refractivity contribution in [3.05, 3.63) is 29.8 Å². The number of ether oxygens (including phenoxy) is 1. The minimum Gasteiger partial charge on any atom is -0.444 e. The van der Waals surface area contributed by atoms with Crippen LogP contribution in [-0.4, -0.2) is 48.7 Å². The summed E-state index contributed by atoms with van der Waals surface area (Å²) >= 11 is 0. The second-order valence-electron chi connectivity index (χ2n) is 6.87. The summed E-state index contributed by atoms with van der Waals surface area (Å²) in [5.74, 6) is 0.0892. The molecule has 0 aliphatic carbocycles. The molecular formula is C17H27N5O2. The van der Waals surface area contributed by atoms with Gasteiger partial charge in [-0.1, -0.05) is 12.1 Å². The standard InChI is InChI=1S/C17H27N5O2/c1-17(2,3)24-16(23)22-9-7-21(8-10-22)14-6-4-5-13(11-14)12-20-15(18)19/h4-6,11H,7-10,12H2,1-3H3,(H4,18,19,20). The van der Waals surface area contributed by atoms with Crippen molar-refractivity contribution in [2.24, 2.45) is 16.5 Å². The lowest BCUT2D eigenvalue weighted by Crippen LogP contribution is -2.50. The SMILES string of the molecule is CC(C)(C)OC(=O)N1CCN(c2cccc(CN=C(N)N)c2)CC1. The molecule has 0 unspecified atom stereocenters. The largest absolute Gasteiger partial charge is 0.444 e. The van der Waals surface area contributed by atoms with Gasteiger partial charge >= 0.3 is 6.09 Å². The molecule has 24 heavy (non-hydrogen) atoms. The fraction of sp³-hybridized carbons (Fsp3) is 0.529. The van der Waals surface area contributed by atoms with Crippen molar-refractivity contribution >= 4 is 17.7 Å². The number of carbonyl (C=O) groups is 1. The molecule has 0 radical (unpaired) electrons. The molecule has 0 bridgehead atoms. The topological polar surface area (TPSA) is 97.2 Å². The molecule has 1 aromatic carbocycles. The van der Waals surface area contributed by atoms with Crippen molar-refractivity contribution in [1.82, 2.24) is 4.90 Å². The fourth-order valence-electron chi connectivity index (χ4n) is 2.51. The lowest BCUT2D eigenvalue weighted by Gasteiger charge is -2.36. The Bertz CT molecular complexity index is 597. The number of guanidine groups is 1. The van der Waals surface area contributed by atoms with Crippen LogP contribution in [0.2, 0.25) is 0 Å². The number of nitrogens with two attached hydrogens (primary N) is 2. The minimum atomic E-state index is -0.464. The van der Waals surface area contributed by atoms with Gasteiger partial charge in [0.1, 0.15) is 5.60 Å². The van der Waals surface area contributed by atoms with Gasteiger partial charge in [0.05, 0.1) is 6.54 Å². The highest BCUT2D eigenvalue weighted by atomic mass is 16.6. The average Bonchev–Trinajstić information content (AvgIpc) is 2.52. The van der Waals surface area contributed by atoms with Crippen molar-refractivity contribution in [3.63, 3.8) is 0 Å². The zero-order valence-corrected chi connectivity index (χ0v) is 14.7. The van der Waals surface area contributed by atoms with E-state index in [9.17, 15) is 4.79 Å². The van der Waals surface area contributed by atoms with Crippen LogP contribution in [0.15, 0.2) is 29.3 Å². The van der Waals surface area contributed by atoms with E-state index >= 15 is 0 Å². The fourth-order valence-corrected chi connectivity index (χ4v) is 2.51. The number of carbonyl (C=O) groups excluding carboxylic acids is 1. The highest BCUT2D eigenvalue weighted by Crippen LogP contribution is 2.19. The molecular weight excluding hydrogens is 306 g/mol. The zero-order valence-electron chi connectivity index (χ0n) is 14.7. The van der Waals surface area contributed by atoms with Crippen LogP contribution >= 0.6 is 0 Å². The third-order valence-corrected chi connectivity index (χ3v) is 3.65. The molecule has 4 N–H and O–H groups in total. The summed E-state index contributed by atoms with van der Waals surface area (Å²) in [5.41, 5.74) is 12.5. The quantitative estimate of drug-likeness (QED) is 0.645. The Morgan fingerprint density at radius 3 is 2.46 bits per heavy atom. The second kappa shape index (κ2) is 7.42. The van der Waals surface area contributed by atoms with Crippen LogP contribution in [0.5, 0.6) is 0 Å². The summed E-state index contributed by atoms with van der Waals surface area (Å²) in [7, 11) is 0. The third kappa shape index (κ3) is 5.33. The molecule has 0 saturated carbocycles. The van der Waals surface area contributed by atoms with Gasteiger partial charge in [0.25, 0.3) is 0 Å². The van der Waals surface area contributed by atoms with Crippen LogP contribution < -0.4 is 16.4 Å². The van der Waals surface area contributed by atoms with E-state index in [1.165, 1.54) is 0 Å². The highest BCUT2D eigenvalue weighted by Gasteiger charge is 2.25. The summed E-state index contributed by atoms with van der Waals surface area (Å²) in [4.78, 5) is 20.1. The van der Waals surface area contributed by atoms with Gasteiger partial charge < -0.3 is 26.0 Å². The Balaban J connectivity index is 1.93. The van der Waals surface area contributed by atoms with Gasteiger partial charge in [-0.15, -0.1) is 0 Å². The van der Waals surface area contributed by atoms with Gasteiger partial charge in [-0.3, -0.25) is 0 Å². The smallest absolute Gasteiger partial charge is 0.410 e. The van der Waals surface area contributed by atoms with Crippen LogP contribution in [0.25, 0.3) is 0 Å². The second-order valence-corrected chi connectivity index (χ2v) is 6.87. The minimum absolute atomic E-state index is 0.0892. The number of aliphatic imine (C=N–C) groups is 1. The average molecular weight is 333 g/mol. The van der Waals surface area contributed by atoms with E-state index in [1.807, 2.05) is 32.9 Å². The lowest BCUT2D eigenvalue weighted by atomic mass is 10.1. The molecule has 1 aromatic rings. The summed E-state index contributed by atoms with van der Waals surface area (Å²) in [6.45, 7) is 8.93. The molecule has 1 fully saturated rings. The van der Waals surface area contributed by atoms with Crippen LogP contribution in [0.4, 0.5) is 10.5 Å². The monoisotopic (exact) mass is 333 g/mol. The Labute approximate surface area is 143 Å². The van der Waals surface area contributed by atoms with Crippen molar-refractivity contribution in [1.29, 1.82) is 0 Å². The normalized spacial score (nSPS) is 15.1. The van der Waals surface area contributed by atoms with E-state index in [2.05, 4.69) is 22.0 Å². The van der Waals surface area contributed by atoms with Crippen molar-refractivity contribution in [2.45, 2.75) is 32.9 Å². The number of hydrogen-bond acceptors (Lipinski definition) is 4.